The summed E-state index contributed by atoms with van der Waals surface area (Å²) in [6.45, 7) is 1.64. The second-order valence-electron chi connectivity index (χ2n) is 3.92. The van der Waals surface area contributed by atoms with Crippen molar-refractivity contribution in [3.8, 4) is 11.5 Å². The van der Waals surface area contributed by atoms with Crippen molar-refractivity contribution >= 4 is 11.6 Å². The zero-order chi connectivity index (χ0) is 13.2. The average Bonchev–Trinajstić information content (AvgIpc) is 2.42. The van der Waals surface area contributed by atoms with Gasteiger partial charge in [-0.05, 0) is 19.4 Å². The molecule has 0 aromatic carbocycles. The Morgan fingerprint density at radius 2 is 2.06 bits per heavy atom. The van der Waals surface area contributed by atoms with Gasteiger partial charge >= 0.3 is 0 Å². The van der Waals surface area contributed by atoms with Crippen LogP contribution >= 0.6 is 11.6 Å². The summed E-state index contributed by atoms with van der Waals surface area (Å²) < 4.78 is 10.5. The lowest BCUT2D eigenvalue weighted by Gasteiger charge is -2.12. The molecular weight excluding hydrogens is 252 g/mol. The summed E-state index contributed by atoms with van der Waals surface area (Å²) in [5, 5.41) is 3.35. The van der Waals surface area contributed by atoms with Crippen molar-refractivity contribution in [1.29, 1.82) is 0 Å². The van der Waals surface area contributed by atoms with E-state index in [9.17, 15) is 0 Å². The van der Waals surface area contributed by atoms with Crippen LogP contribution in [0.3, 0.4) is 0 Å². The minimum Gasteiger partial charge on any atom is -0.493 e. The molecule has 102 valence electrons. The lowest BCUT2D eigenvalue weighted by Crippen LogP contribution is -2.16. The predicted octanol–water partition coefficient (Wildman–Crippen LogP) is 2.60. The Hall–Kier alpha value is -1.00. The van der Waals surface area contributed by atoms with Crippen LogP contribution in [-0.2, 0) is 6.54 Å². The number of methoxy groups -OCH3 is 2. The van der Waals surface area contributed by atoms with Gasteiger partial charge in [0.25, 0.3) is 0 Å². The summed E-state index contributed by atoms with van der Waals surface area (Å²) >= 11 is 5.62. The van der Waals surface area contributed by atoms with Gasteiger partial charge in [0.15, 0.2) is 11.5 Å². The Morgan fingerprint density at radius 1 is 1.22 bits per heavy atom. The molecule has 0 fully saturated rings. The molecule has 0 spiro atoms. The molecule has 0 amide bonds. The number of hydrogen-bond donors (Lipinski definition) is 1. The number of hydrogen-bond acceptors (Lipinski definition) is 4. The molecule has 1 N–H and O–H groups in total. The first-order valence-corrected chi connectivity index (χ1v) is 6.69. The maximum Gasteiger partial charge on any atom is 0.183 e. The fourth-order valence-electron chi connectivity index (χ4n) is 1.70. The van der Waals surface area contributed by atoms with Crippen molar-refractivity contribution in [2.75, 3.05) is 26.6 Å². The second kappa shape index (κ2) is 9.00. The van der Waals surface area contributed by atoms with E-state index in [1.807, 2.05) is 0 Å². The van der Waals surface area contributed by atoms with Gasteiger partial charge in [0.05, 0.1) is 19.9 Å². The van der Waals surface area contributed by atoms with Crippen LogP contribution in [0.1, 0.15) is 25.0 Å². The fraction of sp³-hybridized carbons (Fsp3) is 0.615. The summed E-state index contributed by atoms with van der Waals surface area (Å²) in [5.74, 6) is 2.16. The van der Waals surface area contributed by atoms with E-state index >= 15 is 0 Å². The first-order valence-electron chi connectivity index (χ1n) is 6.16. The Morgan fingerprint density at radius 3 is 2.72 bits per heavy atom. The number of nitrogens with zero attached hydrogens (tertiary/aromatic N) is 1. The van der Waals surface area contributed by atoms with Gasteiger partial charge in [0, 0.05) is 24.7 Å². The van der Waals surface area contributed by atoms with Gasteiger partial charge in [0.1, 0.15) is 0 Å². The Balaban J connectivity index is 2.41. The van der Waals surface area contributed by atoms with E-state index in [0.717, 1.165) is 37.4 Å². The predicted molar refractivity (Wildman–Crippen MR) is 73.6 cm³/mol. The molecule has 5 heteroatoms. The van der Waals surface area contributed by atoms with Crippen molar-refractivity contribution in [3.05, 3.63) is 18.0 Å². The molecule has 1 aromatic rings. The van der Waals surface area contributed by atoms with Crippen molar-refractivity contribution in [3.63, 3.8) is 0 Å². The minimum absolute atomic E-state index is 0.682. The first kappa shape index (κ1) is 15.1. The summed E-state index contributed by atoms with van der Waals surface area (Å²) in [7, 11) is 3.25. The molecule has 0 unspecified atom stereocenters. The Kier molecular flexibility index (Phi) is 7.53. The fourth-order valence-corrected chi connectivity index (χ4v) is 1.89. The molecule has 0 atom stereocenters. The molecule has 0 saturated carbocycles. The molecular formula is C13H21ClN2O2. The maximum atomic E-state index is 5.62. The monoisotopic (exact) mass is 272 g/mol. The second-order valence-corrected chi connectivity index (χ2v) is 4.30. The molecule has 4 nitrogen and oxygen atoms in total. The van der Waals surface area contributed by atoms with Gasteiger partial charge in [-0.2, -0.15) is 0 Å². The van der Waals surface area contributed by atoms with E-state index in [-0.39, 0.29) is 0 Å². The van der Waals surface area contributed by atoms with E-state index in [4.69, 9.17) is 21.1 Å². The molecule has 1 rings (SSSR count). The van der Waals surface area contributed by atoms with Gasteiger partial charge < -0.3 is 14.8 Å². The normalized spacial score (nSPS) is 10.4. The van der Waals surface area contributed by atoms with Crippen LogP contribution < -0.4 is 14.8 Å². The minimum atomic E-state index is 0.682. The quantitative estimate of drug-likeness (QED) is 0.554. The van der Waals surface area contributed by atoms with E-state index in [0.29, 0.717) is 18.0 Å². The van der Waals surface area contributed by atoms with Gasteiger partial charge in [-0.15, -0.1) is 11.6 Å². The molecule has 0 bridgehead atoms. The topological polar surface area (TPSA) is 43.4 Å². The zero-order valence-electron chi connectivity index (χ0n) is 11.0. The third-order valence-corrected chi connectivity index (χ3v) is 2.91. The van der Waals surface area contributed by atoms with Crippen molar-refractivity contribution < 1.29 is 9.47 Å². The average molecular weight is 273 g/mol. The first-order chi connectivity index (χ1) is 8.83. The number of halogens is 1. The molecule has 0 aliphatic rings. The highest BCUT2D eigenvalue weighted by molar-refractivity contribution is 6.17. The van der Waals surface area contributed by atoms with Crippen LogP contribution in [-0.4, -0.2) is 31.6 Å². The number of alkyl halides is 1. The standard InChI is InChI=1S/C13H21ClN2O2/c1-17-12-6-9-16-11(13(12)18-2)10-15-8-5-3-4-7-14/h6,9,15H,3-5,7-8,10H2,1-2H3. The maximum absolute atomic E-state index is 5.62. The highest BCUT2D eigenvalue weighted by Gasteiger charge is 2.09. The lowest BCUT2D eigenvalue weighted by atomic mass is 10.2. The van der Waals surface area contributed by atoms with Crippen molar-refractivity contribution in [1.82, 2.24) is 10.3 Å². The molecule has 0 radical (unpaired) electrons. The van der Waals surface area contributed by atoms with E-state index in [1.165, 1.54) is 0 Å². The van der Waals surface area contributed by atoms with Gasteiger partial charge in [-0.25, -0.2) is 0 Å². The number of rotatable bonds is 9. The highest BCUT2D eigenvalue weighted by atomic mass is 35.5. The van der Waals surface area contributed by atoms with E-state index < -0.39 is 0 Å². The number of nitrogens with one attached hydrogen (secondary N) is 1. The number of unbranched alkanes of at least 4 members (excludes halogenated alkanes) is 2. The van der Waals surface area contributed by atoms with Gasteiger partial charge in [0.2, 0.25) is 0 Å². The third-order valence-electron chi connectivity index (χ3n) is 2.65. The highest BCUT2D eigenvalue weighted by Crippen LogP contribution is 2.28. The molecule has 18 heavy (non-hydrogen) atoms. The molecule has 0 saturated heterocycles. The van der Waals surface area contributed by atoms with E-state index in [2.05, 4.69) is 10.3 Å². The van der Waals surface area contributed by atoms with E-state index in [1.54, 1.807) is 26.5 Å². The number of aromatic nitrogens is 1. The largest absolute Gasteiger partial charge is 0.493 e. The van der Waals surface area contributed by atoms with Crippen molar-refractivity contribution in [2.45, 2.75) is 25.8 Å². The summed E-state index contributed by atoms with van der Waals surface area (Å²) in [5.41, 5.74) is 0.870. The van der Waals surface area contributed by atoms with Crippen LogP contribution in [0.25, 0.3) is 0 Å². The Labute approximate surface area is 114 Å². The van der Waals surface area contributed by atoms with Crippen LogP contribution in [0.15, 0.2) is 12.3 Å². The molecule has 1 heterocycles. The molecule has 1 aromatic heterocycles. The molecule has 0 aliphatic carbocycles. The number of pyridine rings is 1. The summed E-state index contributed by atoms with van der Waals surface area (Å²) in [4.78, 5) is 4.30. The van der Waals surface area contributed by atoms with Crippen LogP contribution in [0.2, 0.25) is 0 Å². The third kappa shape index (κ3) is 4.70. The molecule has 0 aliphatic heterocycles. The summed E-state index contributed by atoms with van der Waals surface area (Å²) in [6.07, 6.45) is 5.08. The lowest BCUT2D eigenvalue weighted by molar-refractivity contribution is 0.348. The smallest absolute Gasteiger partial charge is 0.183 e. The van der Waals surface area contributed by atoms with Gasteiger partial charge in [-0.3, -0.25) is 4.98 Å². The van der Waals surface area contributed by atoms with Crippen LogP contribution in [0.4, 0.5) is 0 Å². The van der Waals surface area contributed by atoms with Crippen LogP contribution in [0.5, 0.6) is 11.5 Å². The van der Waals surface area contributed by atoms with Crippen LogP contribution in [0, 0.1) is 0 Å². The summed E-state index contributed by atoms with van der Waals surface area (Å²) in [6, 6.07) is 1.79. The van der Waals surface area contributed by atoms with Gasteiger partial charge in [-0.1, -0.05) is 6.42 Å². The number of ether oxygens (including phenoxy) is 2. The Bertz CT molecular complexity index is 348. The van der Waals surface area contributed by atoms with Crippen molar-refractivity contribution in [2.24, 2.45) is 0 Å². The SMILES string of the molecule is COc1ccnc(CNCCCCCCl)c1OC. The zero-order valence-corrected chi connectivity index (χ0v) is 11.8.